The predicted molar refractivity (Wildman–Crippen MR) is 51.1 cm³/mol. The number of halogens is 1. The molecule has 2 rings (SSSR count). The zero-order valence-corrected chi connectivity index (χ0v) is 7.75. The normalized spacial score (nSPS) is 10.4. The highest BCUT2D eigenvalue weighted by molar-refractivity contribution is 9.10. The van der Waals surface area contributed by atoms with Gasteiger partial charge < -0.3 is 5.11 Å². The molecule has 60 valence electrons. The van der Waals surface area contributed by atoms with Crippen molar-refractivity contribution in [3.8, 4) is 5.75 Å². The van der Waals surface area contributed by atoms with Gasteiger partial charge in [0.25, 0.3) is 0 Å². The number of phenols is 1. The number of hydrogen-bond donors (Lipinski definition) is 1. The van der Waals surface area contributed by atoms with Gasteiger partial charge in [-0.3, -0.25) is 4.98 Å². The first-order chi connectivity index (χ1) is 5.79. The van der Waals surface area contributed by atoms with Crippen LogP contribution in [-0.2, 0) is 0 Å². The lowest BCUT2D eigenvalue weighted by Gasteiger charge is -2.00. The molecule has 0 aliphatic carbocycles. The van der Waals surface area contributed by atoms with Crippen LogP contribution in [0.5, 0.6) is 5.75 Å². The minimum Gasteiger partial charge on any atom is -0.506 e. The summed E-state index contributed by atoms with van der Waals surface area (Å²) in [4.78, 5) is 3.96. The van der Waals surface area contributed by atoms with Crippen molar-refractivity contribution in [1.29, 1.82) is 0 Å². The Morgan fingerprint density at radius 2 is 2.08 bits per heavy atom. The Morgan fingerprint density at radius 1 is 1.25 bits per heavy atom. The molecular weight excluding hydrogens is 218 g/mol. The van der Waals surface area contributed by atoms with Crippen LogP contribution in [-0.4, -0.2) is 10.1 Å². The quantitative estimate of drug-likeness (QED) is 0.746. The van der Waals surface area contributed by atoms with Gasteiger partial charge in [-0.25, -0.2) is 0 Å². The molecule has 2 nitrogen and oxygen atoms in total. The fourth-order valence-electron chi connectivity index (χ4n) is 1.13. The zero-order valence-electron chi connectivity index (χ0n) is 6.16. The molecule has 1 heterocycles. The van der Waals surface area contributed by atoms with E-state index in [9.17, 15) is 5.11 Å². The molecule has 0 spiro atoms. The van der Waals surface area contributed by atoms with Crippen LogP contribution in [0.2, 0.25) is 0 Å². The summed E-state index contributed by atoms with van der Waals surface area (Å²) in [5.74, 6) is 0.273. The third kappa shape index (κ3) is 1.06. The van der Waals surface area contributed by atoms with E-state index in [1.165, 1.54) is 0 Å². The van der Waals surface area contributed by atoms with E-state index in [0.717, 1.165) is 10.8 Å². The van der Waals surface area contributed by atoms with Gasteiger partial charge in [-0.05, 0) is 28.1 Å². The molecule has 2 aromatic rings. The maximum absolute atomic E-state index is 9.58. The highest BCUT2D eigenvalue weighted by Crippen LogP contribution is 2.31. The molecule has 0 amide bonds. The van der Waals surface area contributed by atoms with Crippen LogP contribution in [0.3, 0.4) is 0 Å². The lowest BCUT2D eigenvalue weighted by Crippen LogP contribution is -1.76. The minimum absolute atomic E-state index is 0.273. The fourth-order valence-corrected chi connectivity index (χ4v) is 1.47. The van der Waals surface area contributed by atoms with Crippen LogP contribution < -0.4 is 0 Å². The largest absolute Gasteiger partial charge is 0.506 e. The van der Waals surface area contributed by atoms with Gasteiger partial charge in [-0.15, -0.1) is 0 Å². The highest BCUT2D eigenvalue weighted by atomic mass is 79.9. The Bertz CT molecular complexity index is 428. The SMILES string of the molecule is Oc1c(Br)ccc2cnccc12. The summed E-state index contributed by atoms with van der Waals surface area (Å²) in [6, 6.07) is 5.50. The highest BCUT2D eigenvalue weighted by Gasteiger charge is 2.02. The smallest absolute Gasteiger partial charge is 0.137 e. The number of aromatic hydroxyl groups is 1. The van der Waals surface area contributed by atoms with E-state index in [4.69, 9.17) is 0 Å². The van der Waals surface area contributed by atoms with E-state index in [-0.39, 0.29) is 5.75 Å². The van der Waals surface area contributed by atoms with E-state index in [0.29, 0.717) is 4.47 Å². The average molecular weight is 224 g/mol. The van der Waals surface area contributed by atoms with Crippen molar-refractivity contribution in [1.82, 2.24) is 4.98 Å². The standard InChI is InChI=1S/C9H6BrNO/c10-8-2-1-6-5-11-4-3-7(6)9(8)12/h1-5,12H. The van der Waals surface area contributed by atoms with E-state index >= 15 is 0 Å². The van der Waals surface area contributed by atoms with Crippen molar-refractivity contribution >= 4 is 26.7 Å². The summed E-state index contributed by atoms with van der Waals surface area (Å²) in [7, 11) is 0. The summed E-state index contributed by atoms with van der Waals surface area (Å²) in [5, 5.41) is 11.3. The van der Waals surface area contributed by atoms with Crippen molar-refractivity contribution in [3.63, 3.8) is 0 Å². The minimum atomic E-state index is 0.273. The molecule has 0 radical (unpaired) electrons. The first-order valence-corrected chi connectivity index (χ1v) is 4.29. The number of hydrogen-bond acceptors (Lipinski definition) is 2. The number of aromatic nitrogens is 1. The monoisotopic (exact) mass is 223 g/mol. The molecule has 0 saturated carbocycles. The fraction of sp³-hybridized carbons (Fsp3) is 0. The van der Waals surface area contributed by atoms with E-state index in [1.54, 1.807) is 24.5 Å². The molecule has 0 aliphatic heterocycles. The topological polar surface area (TPSA) is 33.1 Å². The Balaban J connectivity index is 2.91. The number of fused-ring (bicyclic) bond motifs is 1. The summed E-state index contributed by atoms with van der Waals surface area (Å²) < 4.78 is 0.709. The molecule has 0 atom stereocenters. The molecule has 12 heavy (non-hydrogen) atoms. The summed E-state index contributed by atoms with van der Waals surface area (Å²) in [6.07, 6.45) is 3.38. The van der Waals surface area contributed by atoms with Gasteiger partial charge in [0, 0.05) is 23.2 Å². The zero-order chi connectivity index (χ0) is 8.55. The summed E-state index contributed by atoms with van der Waals surface area (Å²) in [6.45, 7) is 0. The number of phenolic OH excluding ortho intramolecular Hbond substituents is 1. The van der Waals surface area contributed by atoms with Crippen LogP contribution in [0.25, 0.3) is 10.8 Å². The molecule has 1 aromatic heterocycles. The molecule has 1 aromatic carbocycles. The van der Waals surface area contributed by atoms with E-state index < -0.39 is 0 Å². The number of pyridine rings is 1. The van der Waals surface area contributed by atoms with Crippen LogP contribution in [0.1, 0.15) is 0 Å². The average Bonchev–Trinajstić information content (AvgIpc) is 2.12. The van der Waals surface area contributed by atoms with Crippen LogP contribution in [0, 0.1) is 0 Å². The second-order valence-corrected chi connectivity index (χ2v) is 3.35. The molecule has 1 N–H and O–H groups in total. The van der Waals surface area contributed by atoms with Crippen LogP contribution in [0.4, 0.5) is 0 Å². The van der Waals surface area contributed by atoms with Crippen molar-refractivity contribution < 1.29 is 5.11 Å². The van der Waals surface area contributed by atoms with Gasteiger partial charge in [0.15, 0.2) is 0 Å². The molecule has 3 heteroatoms. The van der Waals surface area contributed by atoms with Gasteiger partial charge in [0.2, 0.25) is 0 Å². The van der Waals surface area contributed by atoms with Gasteiger partial charge in [0.05, 0.1) is 4.47 Å². The van der Waals surface area contributed by atoms with E-state index in [1.807, 2.05) is 6.07 Å². The first-order valence-electron chi connectivity index (χ1n) is 3.50. The third-order valence-electron chi connectivity index (χ3n) is 1.74. The third-order valence-corrected chi connectivity index (χ3v) is 2.38. The van der Waals surface area contributed by atoms with Crippen LogP contribution >= 0.6 is 15.9 Å². The van der Waals surface area contributed by atoms with Crippen molar-refractivity contribution in [3.05, 3.63) is 35.1 Å². The molecule has 0 aliphatic rings. The van der Waals surface area contributed by atoms with Gasteiger partial charge >= 0.3 is 0 Å². The predicted octanol–water partition coefficient (Wildman–Crippen LogP) is 2.70. The Hall–Kier alpha value is -1.09. The first kappa shape index (κ1) is 7.55. The molecule has 0 unspecified atom stereocenters. The maximum atomic E-state index is 9.58. The molecule has 0 fully saturated rings. The molecular formula is C9H6BrNO. The Kier molecular flexibility index (Phi) is 1.73. The van der Waals surface area contributed by atoms with Crippen molar-refractivity contribution in [2.24, 2.45) is 0 Å². The number of nitrogens with zero attached hydrogens (tertiary/aromatic N) is 1. The lowest BCUT2D eigenvalue weighted by molar-refractivity contribution is 0.478. The van der Waals surface area contributed by atoms with E-state index in [2.05, 4.69) is 20.9 Å². The lowest BCUT2D eigenvalue weighted by atomic mass is 10.2. The Labute approximate surface area is 78.0 Å². The number of benzene rings is 1. The second kappa shape index (κ2) is 2.75. The Morgan fingerprint density at radius 3 is 2.92 bits per heavy atom. The molecule has 0 saturated heterocycles. The summed E-state index contributed by atoms with van der Waals surface area (Å²) >= 11 is 3.25. The van der Waals surface area contributed by atoms with Crippen molar-refractivity contribution in [2.75, 3.05) is 0 Å². The summed E-state index contributed by atoms with van der Waals surface area (Å²) in [5.41, 5.74) is 0. The van der Waals surface area contributed by atoms with Crippen LogP contribution in [0.15, 0.2) is 35.1 Å². The van der Waals surface area contributed by atoms with Gasteiger partial charge in [0.1, 0.15) is 5.75 Å². The maximum Gasteiger partial charge on any atom is 0.137 e. The van der Waals surface area contributed by atoms with Gasteiger partial charge in [-0.1, -0.05) is 6.07 Å². The number of rotatable bonds is 0. The van der Waals surface area contributed by atoms with Crippen molar-refractivity contribution in [2.45, 2.75) is 0 Å². The van der Waals surface area contributed by atoms with Gasteiger partial charge in [-0.2, -0.15) is 0 Å². The second-order valence-electron chi connectivity index (χ2n) is 2.49. The molecule has 0 bridgehead atoms.